The van der Waals surface area contributed by atoms with Crippen LogP contribution in [0.15, 0.2) is 36.7 Å². The van der Waals surface area contributed by atoms with Crippen LogP contribution in [-0.2, 0) is 13.0 Å². The molecule has 0 spiro atoms. The van der Waals surface area contributed by atoms with Gasteiger partial charge in [0.2, 0.25) is 0 Å². The number of hydrogen-bond donors (Lipinski definition) is 0. The summed E-state index contributed by atoms with van der Waals surface area (Å²) in [5, 5.41) is 0.489. The lowest BCUT2D eigenvalue weighted by molar-refractivity contribution is 0.561. The number of rotatable bonds is 4. The maximum absolute atomic E-state index is 6.43. The molecule has 0 aliphatic heterocycles. The summed E-state index contributed by atoms with van der Waals surface area (Å²) in [6.45, 7) is 0.845. The lowest BCUT2D eigenvalue weighted by Crippen LogP contribution is -2.07. The molecule has 0 saturated heterocycles. The number of imidazole rings is 1. The number of hydrogen-bond acceptors (Lipinski definition) is 3. The van der Waals surface area contributed by atoms with E-state index in [2.05, 4.69) is 38.8 Å². The number of nitrogens with zero attached hydrogens (tertiary/aromatic N) is 4. The molecule has 2 heterocycles. The minimum absolute atomic E-state index is 0.432. The number of aryl methyl sites for hydroxylation is 2. The van der Waals surface area contributed by atoms with Crippen molar-refractivity contribution in [3.8, 4) is 0 Å². The quantitative estimate of drug-likeness (QED) is 0.480. The van der Waals surface area contributed by atoms with E-state index < -0.39 is 0 Å². The second-order valence-electron chi connectivity index (χ2n) is 6.91. The molecule has 25 heavy (non-hydrogen) atoms. The molecule has 2 aromatic heterocycles. The molecule has 130 valence electrons. The molecule has 1 aliphatic carbocycles. The summed E-state index contributed by atoms with van der Waals surface area (Å²) in [6, 6.07) is 10.5. The van der Waals surface area contributed by atoms with Crippen LogP contribution in [0.3, 0.4) is 0 Å². The molecule has 0 atom stereocenters. The fourth-order valence-electron chi connectivity index (χ4n) is 3.70. The van der Waals surface area contributed by atoms with E-state index in [0.29, 0.717) is 16.6 Å². The van der Waals surface area contributed by atoms with Gasteiger partial charge in [0, 0.05) is 12.5 Å². The zero-order chi connectivity index (χ0) is 17.1. The van der Waals surface area contributed by atoms with Crippen molar-refractivity contribution in [2.45, 2.75) is 57.4 Å². The Balaban J connectivity index is 1.62. The molecule has 1 aliphatic rings. The van der Waals surface area contributed by atoms with Gasteiger partial charge >= 0.3 is 0 Å². The fraction of sp³-hybridized carbons (Fsp3) is 0.450. The normalized spacial score (nSPS) is 16.2. The predicted molar refractivity (Wildman–Crippen MR) is 101 cm³/mol. The van der Waals surface area contributed by atoms with Gasteiger partial charge in [-0.3, -0.25) is 0 Å². The number of benzene rings is 1. The Kier molecular flexibility index (Phi) is 4.97. The average molecular weight is 355 g/mol. The molecule has 1 saturated carbocycles. The molecule has 3 aromatic rings. The van der Waals surface area contributed by atoms with E-state index in [0.717, 1.165) is 24.4 Å². The van der Waals surface area contributed by atoms with Crippen LogP contribution in [-0.4, -0.2) is 19.5 Å². The molecule has 0 amide bonds. The Morgan fingerprint density at radius 2 is 1.76 bits per heavy atom. The summed E-state index contributed by atoms with van der Waals surface area (Å²) in [6.07, 6.45) is 10.3. The Morgan fingerprint density at radius 3 is 2.52 bits per heavy atom. The number of fused-ring (bicyclic) bond motifs is 1. The molecule has 0 radical (unpaired) electrons. The first-order valence-electron chi connectivity index (χ1n) is 9.23. The first-order valence-corrected chi connectivity index (χ1v) is 9.61. The van der Waals surface area contributed by atoms with Gasteiger partial charge in [-0.15, -0.1) is 0 Å². The van der Waals surface area contributed by atoms with Gasteiger partial charge in [0.25, 0.3) is 0 Å². The molecule has 0 unspecified atom stereocenters. The molecule has 1 aromatic carbocycles. The van der Waals surface area contributed by atoms with E-state index in [9.17, 15) is 0 Å². The van der Waals surface area contributed by atoms with Gasteiger partial charge < -0.3 is 4.57 Å². The zero-order valence-corrected chi connectivity index (χ0v) is 15.1. The largest absolute Gasteiger partial charge is 0.315 e. The monoisotopic (exact) mass is 354 g/mol. The van der Waals surface area contributed by atoms with Crippen LogP contribution >= 0.6 is 11.6 Å². The third-order valence-electron chi connectivity index (χ3n) is 5.14. The van der Waals surface area contributed by atoms with Gasteiger partial charge in [0.15, 0.2) is 10.8 Å². The molecular formula is C20H23ClN4. The summed E-state index contributed by atoms with van der Waals surface area (Å²) in [4.78, 5) is 13.9. The lowest BCUT2D eigenvalue weighted by atomic mass is 9.99. The van der Waals surface area contributed by atoms with Gasteiger partial charge in [-0.2, -0.15) is 0 Å². The van der Waals surface area contributed by atoms with Crippen LogP contribution in [0.25, 0.3) is 11.2 Å². The van der Waals surface area contributed by atoms with Gasteiger partial charge in [-0.1, -0.05) is 67.6 Å². The molecule has 1 fully saturated rings. The van der Waals surface area contributed by atoms with Crippen LogP contribution < -0.4 is 0 Å². The topological polar surface area (TPSA) is 43.6 Å². The molecular weight excluding hydrogens is 332 g/mol. The highest BCUT2D eigenvalue weighted by atomic mass is 35.5. The summed E-state index contributed by atoms with van der Waals surface area (Å²) in [5.74, 6) is 1.34. The van der Waals surface area contributed by atoms with Crippen LogP contribution in [0.4, 0.5) is 0 Å². The zero-order valence-electron chi connectivity index (χ0n) is 14.4. The second kappa shape index (κ2) is 7.52. The van der Waals surface area contributed by atoms with Crippen molar-refractivity contribution in [2.24, 2.45) is 0 Å². The van der Waals surface area contributed by atoms with Crippen molar-refractivity contribution < 1.29 is 0 Å². The van der Waals surface area contributed by atoms with Crippen molar-refractivity contribution in [1.29, 1.82) is 0 Å². The molecule has 0 N–H and O–H groups in total. The first kappa shape index (κ1) is 16.5. The summed E-state index contributed by atoms with van der Waals surface area (Å²) < 4.78 is 2.11. The van der Waals surface area contributed by atoms with Crippen LogP contribution in [0.2, 0.25) is 5.15 Å². The van der Waals surface area contributed by atoms with Crippen molar-refractivity contribution in [2.75, 3.05) is 0 Å². The van der Waals surface area contributed by atoms with Crippen molar-refractivity contribution in [3.05, 3.63) is 53.2 Å². The second-order valence-corrected chi connectivity index (χ2v) is 7.26. The Bertz CT molecular complexity index is 836. The van der Waals surface area contributed by atoms with E-state index in [4.69, 9.17) is 16.6 Å². The average Bonchev–Trinajstić information content (AvgIpc) is 2.87. The SMILES string of the molecule is Clc1nc(C2CCCCCC2)nc2c1ncn2CCc1ccccc1. The summed E-state index contributed by atoms with van der Waals surface area (Å²) >= 11 is 6.43. The Labute approximate surface area is 153 Å². The van der Waals surface area contributed by atoms with E-state index in [1.54, 1.807) is 0 Å². The van der Waals surface area contributed by atoms with E-state index >= 15 is 0 Å². The van der Waals surface area contributed by atoms with Crippen LogP contribution in [0, 0.1) is 0 Å². The van der Waals surface area contributed by atoms with Gasteiger partial charge in [0.05, 0.1) is 6.33 Å². The van der Waals surface area contributed by atoms with Gasteiger partial charge in [0.1, 0.15) is 11.3 Å². The first-order chi connectivity index (χ1) is 12.3. The van der Waals surface area contributed by atoms with E-state index in [1.165, 1.54) is 44.1 Å². The third-order valence-corrected chi connectivity index (χ3v) is 5.41. The minimum Gasteiger partial charge on any atom is -0.315 e. The predicted octanol–water partition coefficient (Wildman–Crippen LogP) is 5.16. The Hall–Kier alpha value is -1.94. The summed E-state index contributed by atoms with van der Waals surface area (Å²) in [7, 11) is 0. The highest BCUT2D eigenvalue weighted by Crippen LogP contribution is 2.31. The molecule has 4 rings (SSSR count). The smallest absolute Gasteiger partial charge is 0.165 e. The fourth-order valence-corrected chi connectivity index (χ4v) is 3.92. The molecule has 5 heteroatoms. The minimum atomic E-state index is 0.432. The highest BCUT2D eigenvalue weighted by molar-refractivity contribution is 6.33. The molecule has 0 bridgehead atoms. The van der Waals surface area contributed by atoms with Gasteiger partial charge in [-0.25, -0.2) is 15.0 Å². The number of aromatic nitrogens is 4. The number of halogens is 1. The van der Waals surface area contributed by atoms with Crippen molar-refractivity contribution >= 4 is 22.8 Å². The summed E-state index contributed by atoms with van der Waals surface area (Å²) in [5.41, 5.74) is 2.90. The molecule has 4 nitrogen and oxygen atoms in total. The maximum Gasteiger partial charge on any atom is 0.165 e. The van der Waals surface area contributed by atoms with Crippen molar-refractivity contribution in [3.63, 3.8) is 0 Å². The standard InChI is InChI=1S/C20H23ClN4/c21-18-17-20(24-19(23-18)16-10-6-1-2-7-11-16)25(14-22-17)13-12-15-8-4-3-5-9-15/h3-5,8-9,14,16H,1-2,6-7,10-13H2. The maximum atomic E-state index is 6.43. The Morgan fingerprint density at radius 1 is 1.00 bits per heavy atom. The lowest BCUT2D eigenvalue weighted by Gasteiger charge is -2.13. The van der Waals surface area contributed by atoms with Crippen molar-refractivity contribution in [1.82, 2.24) is 19.5 Å². The van der Waals surface area contributed by atoms with Crippen LogP contribution in [0.5, 0.6) is 0 Å². The van der Waals surface area contributed by atoms with E-state index in [-0.39, 0.29) is 0 Å². The third kappa shape index (κ3) is 3.69. The van der Waals surface area contributed by atoms with E-state index in [1.807, 2.05) is 12.4 Å². The van der Waals surface area contributed by atoms with Gasteiger partial charge in [-0.05, 0) is 24.8 Å². The highest BCUT2D eigenvalue weighted by Gasteiger charge is 2.20. The van der Waals surface area contributed by atoms with Crippen LogP contribution in [0.1, 0.15) is 55.8 Å².